The first kappa shape index (κ1) is 17.8. The van der Waals surface area contributed by atoms with Crippen LogP contribution in [0.4, 0.5) is 5.69 Å². The lowest BCUT2D eigenvalue weighted by Crippen LogP contribution is -2.21. The van der Waals surface area contributed by atoms with Crippen LogP contribution in [0.3, 0.4) is 0 Å². The Morgan fingerprint density at radius 2 is 1.84 bits per heavy atom. The fraction of sp³-hybridized carbons (Fsp3) is 0.167. The summed E-state index contributed by atoms with van der Waals surface area (Å²) in [6.45, 7) is -0.501. The molecule has 7 heteroatoms. The van der Waals surface area contributed by atoms with Crippen LogP contribution < -0.4 is 14.8 Å². The van der Waals surface area contributed by atoms with Crippen LogP contribution in [0.1, 0.15) is 15.9 Å². The largest absolute Gasteiger partial charge is 0.493 e. The molecular weight excluding hydrogens is 324 g/mol. The Morgan fingerprint density at radius 3 is 2.52 bits per heavy atom. The molecule has 0 aliphatic heterocycles. The van der Waals surface area contributed by atoms with Crippen molar-refractivity contribution in [2.45, 2.75) is 0 Å². The van der Waals surface area contributed by atoms with E-state index in [-0.39, 0.29) is 11.3 Å². The zero-order chi connectivity index (χ0) is 18.2. The van der Waals surface area contributed by atoms with E-state index < -0.39 is 18.5 Å². The second-order valence-electron chi connectivity index (χ2n) is 4.82. The summed E-state index contributed by atoms with van der Waals surface area (Å²) in [7, 11) is 2.85. The zero-order valence-corrected chi connectivity index (χ0v) is 13.7. The van der Waals surface area contributed by atoms with Gasteiger partial charge in [0, 0.05) is 0 Å². The maximum atomic E-state index is 12.2. The van der Waals surface area contributed by atoms with E-state index in [1.54, 1.807) is 36.4 Å². The molecule has 25 heavy (non-hydrogen) atoms. The van der Waals surface area contributed by atoms with Crippen LogP contribution in [0, 0.1) is 11.3 Å². The molecule has 128 valence electrons. The molecule has 0 spiro atoms. The summed E-state index contributed by atoms with van der Waals surface area (Å²) in [5.41, 5.74) is 0.814. The first-order valence-electron chi connectivity index (χ1n) is 7.27. The van der Waals surface area contributed by atoms with Gasteiger partial charge in [-0.2, -0.15) is 5.26 Å². The van der Waals surface area contributed by atoms with E-state index in [0.717, 1.165) is 0 Å². The lowest BCUT2D eigenvalue weighted by Gasteiger charge is -2.12. The van der Waals surface area contributed by atoms with E-state index in [1.807, 2.05) is 6.07 Å². The van der Waals surface area contributed by atoms with Crippen molar-refractivity contribution in [3.8, 4) is 17.6 Å². The molecule has 0 aliphatic rings. The molecular formula is C18H16N2O5. The fourth-order valence-electron chi connectivity index (χ4n) is 2.13. The summed E-state index contributed by atoms with van der Waals surface area (Å²) in [5, 5.41) is 11.5. The van der Waals surface area contributed by atoms with Gasteiger partial charge in [-0.15, -0.1) is 0 Å². The Bertz CT molecular complexity index is 826. The number of para-hydroxylation sites is 2. The molecule has 0 fully saturated rings. The number of nitrogens with zero attached hydrogens (tertiary/aromatic N) is 1. The lowest BCUT2D eigenvalue weighted by atomic mass is 10.2. The van der Waals surface area contributed by atoms with Gasteiger partial charge < -0.3 is 19.5 Å². The highest BCUT2D eigenvalue weighted by molar-refractivity contribution is 5.97. The highest BCUT2D eigenvalue weighted by Gasteiger charge is 2.19. The number of hydrogen-bond donors (Lipinski definition) is 1. The molecule has 2 rings (SSSR count). The molecule has 7 nitrogen and oxygen atoms in total. The third-order valence-corrected chi connectivity index (χ3v) is 3.28. The number of amides is 1. The molecule has 1 amide bonds. The molecule has 0 saturated heterocycles. The Kier molecular flexibility index (Phi) is 5.96. The summed E-state index contributed by atoms with van der Waals surface area (Å²) in [6.07, 6.45) is 0. The lowest BCUT2D eigenvalue weighted by molar-refractivity contribution is -0.119. The van der Waals surface area contributed by atoms with E-state index in [1.165, 1.54) is 20.3 Å². The monoisotopic (exact) mass is 340 g/mol. The first-order valence-corrected chi connectivity index (χ1v) is 7.27. The van der Waals surface area contributed by atoms with Crippen molar-refractivity contribution in [2.75, 3.05) is 26.1 Å². The standard InChI is InChI=1S/C18H16N2O5/c1-23-15-9-5-7-13(17(15)24-2)18(22)25-11-16(21)20-14-8-4-3-6-12(14)10-19/h3-9H,11H2,1-2H3,(H,20,21). The maximum absolute atomic E-state index is 12.2. The quantitative estimate of drug-likeness (QED) is 0.811. The number of carbonyl (C=O) groups excluding carboxylic acids is 2. The van der Waals surface area contributed by atoms with Crippen LogP contribution in [-0.4, -0.2) is 32.7 Å². The molecule has 2 aromatic carbocycles. The number of carbonyl (C=O) groups is 2. The molecule has 0 heterocycles. The molecule has 0 aromatic heterocycles. The first-order chi connectivity index (χ1) is 12.1. The Balaban J connectivity index is 2.03. The Labute approximate surface area is 144 Å². The molecule has 0 aliphatic carbocycles. The zero-order valence-electron chi connectivity index (χ0n) is 13.7. The second kappa shape index (κ2) is 8.36. The maximum Gasteiger partial charge on any atom is 0.342 e. The number of rotatable bonds is 6. The van der Waals surface area contributed by atoms with E-state index in [4.69, 9.17) is 19.5 Å². The molecule has 0 unspecified atom stereocenters. The topological polar surface area (TPSA) is 97.6 Å². The van der Waals surface area contributed by atoms with Crippen molar-refractivity contribution >= 4 is 17.6 Å². The smallest absolute Gasteiger partial charge is 0.342 e. The van der Waals surface area contributed by atoms with Gasteiger partial charge in [-0.1, -0.05) is 18.2 Å². The van der Waals surface area contributed by atoms with Crippen LogP contribution in [0.15, 0.2) is 42.5 Å². The number of methoxy groups -OCH3 is 2. The van der Waals surface area contributed by atoms with Crippen molar-refractivity contribution in [1.29, 1.82) is 5.26 Å². The number of ether oxygens (including phenoxy) is 3. The van der Waals surface area contributed by atoms with Crippen LogP contribution >= 0.6 is 0 Å². The molecule has 0 saturated carbocycles. The molecule has 2 aromatic rings. The van der Waals surface area contributed by atoms with Crippen molar-refractivity contribution in [3.63, 3.8) is 0 Å². The second-order valence-corrected chi connectivity index (χ2v) is 4.82. The minimum absolute atomic E-state index is 0.145. The number of esters is 1. The van der Waals surface area contributed by atoms with Gasteiger partial charge in [-0.3, -0.25) is 4.79 Å². The summed E-state index contributed by atoms with van der Waals surface area (Å²) in [6, 6.07) is 13.3. The summed E-state index contributed by atoms with van der Waals surface area (Å²) in [5.74, 6) is -0.674. The summed E-state index contributed by atoms with van der Waals surface area (Å²) in [4.78, 5) is 24.1. The van der Waals surface area contributed by atoms with Gasteiger partial charge in [0.1, 0.15) is 11.6 Å². The van der Waals surface area contributed by atoms with Gasteiger partial charge in [-0.25, -0.2) is 4.79 Å². The van der Waals surface area contributed by atoms with Crippen molar-refractivity contribution in [1.82, 2.24) is 0 Å². The van der Waals surface area contributed by atoms with E-state index in [9.17, 15) is 9.59 Å². The normalized spacial score (nSPS) is 9.64. The number of benzene rings is 2. The van der Waals surface area contributed by atoms with Crippen molar-refractivity contribution < 1.29 is 23.8 Å². The van der Waals surface area contributed by atoms with Gasteiger partial charge in [0.25, 0.3) is 5.91 Å². The summed E-state index contributed by atoms with van der Waals surface area (Å²) < 4.78 is 15.3. The SMILES string of the molecule is COc1cccc(C(=O)OCC(=O)Nc2ccccc2C#N)c1OC. The van der Waals surface area contributed by atoms with Crippen LogP contribution in [-0.2, 0) is 9.53 Å². The van der Waals surface area contributed by atoms with Gasteiger partial charge in [0.2, 0.25) is 0 Å². The molecule has 0 bridgehead atoms. The average molecular weight is 340 g/mol. The van der Waals surface area contributed by atoms with Gasteiger partial charge in [-0.05, 0) is 24.3 Å². The third kappa shape index (κ3) is 4.26. The van der Waals surface area contributed by atoms with E-state index in [0.29, 0.717) is 17.0 Å². The molecule has 0 atom stereocenters. The number of hydrogen-bond acceptors (Lipinski definition) is 6. The van der Waals surface area contributed by atoms with Crippen LogP contribution in [0.25, 0.3) is 0 Å². The van der Waals surface area contributed by atoms with Gasteiger partial charge in [0.15, 0.2) is 18.1 Å². The number of anilines is 1. The minimum Gasteiger partial charge on any atom is -0.493 e. The average Bonchev–Trinajstić information content (AvgIpc) is 2.65. The highest BCUT2D eigenvalue weighted by atomic mass is 16.5. The minimum atomic E-state index is -0.723. The third-order valence-electron chi connectivity index (χ3n) is 3.28. The van der Waals surface area contributed by atoms with Gasteiger partial charge >= 0.3 is 5.97 Å². The highest BCUT2D eigenvalue weighted by Crippen LogP contribution is 2.31. The van der Waals surface area contributed by atoms with E-state index >= 15 is 0 Å². The predicted octanol–water partition coefficient (Wildman–Crippen LogP) is 2.37. The Morgan fingerprint density at radius 1 is 1.08 bits per heavy atom. The number of nitrogens with one attached hydrogen (secondary N) is 1. The van der Waals surface area contributed by atoms with Gasteiger partial charge in [0.05, 0.1) is 25.5 Å². The summed E-state index contributed by atoms with van der Waals surface area (Å²) >= 11 is 0. The predicted molar refractivity (Wildman–Crippen MR) is 89.6 cm³/mol. The van der Waals surface area contributed by atoms with Crippen molar-refractivity contribution in [3.05, 3.63) is 53.6 Å². The number of nitriles is 1. The fourth-order valence-corrected chi connectivity index (χ4v) is 2.13. The molecule has 1 N–H and O–H groups in total. The van der Waals surface area contributed by atoms with Crippen molar-refractivity contribution in [2.24, 2.45) is 0 Å². The Hall–Kier alpha value is -3.53. The van der Waals surface area contributed by atoms with E-state index in [2.05, 4.69) is 5.32 Å². The van der Waals surface area contributed by atoms with Crippen LogP contribution in [0.2, 0.25) is 0 Å². The van der Waals surface area contributed by atoms with Crippen LogP contribution in [0.5, 0.6) is 11.5 Å². The molecule has 0 radical (unpaired) electrons.